The highest BCUT2D eigenvalue weighted by molar-refractivity contribution is 7.88. The number of aryl methyl sites for hydroxylation is 1. The SMILES string of the molecule is Cc1ccccc1C(=O)N[C@@H]1CN(S(C)(=O)=O)C[C@H]1CN(C)C. The zero-order valence-electron chi connectivity index (χ0n) is 14.1. The molecule has 2 rings (SSSR count). The molecule has 23 heavy (non-hydrogen) atoms. The summed E-state index contributed by atoms with van der Waals surface area (Å²) in [6, 6.07) is 7.22. The van der Waals surface area contributed by atoms with Gasteiger partial charge in [-0.25, -0.2) is 8.42 Å². The number of carbonyl (C=O) groups excluding carboxylic acids is 1. The first-order chi connectivity index (χ1) is 10.7. The maximum atomic E-state index is 12.5. The number of hydrogen-bond acceptors (Lipinski definition) is 4. The quantitative estimate of drug-likeness (QED) is 0.850. The highest BCUT2D eigenvalue weighted by Gasteiger charge is 2.38. The normalized spacial score (nSPS) is 22.5. The van der Waals surface area contributed by atoms with Crippen molar-refractivity contribution < 1.29 is 13.2 Å². The molecule has 128 valence electrons. The van der Waals surface area contributed by atoms with Crippen molar-refractivity contribution in [3.63, 3.8) is 0 Å². The van der Waals surface area contributed by atoms with E-state index in [1.54, 1.807) is 6.07 Å². The summed E-state index contributed by atoms with van der Waals surface area (Å²) in [6.07, 6.45) is 1.21. The zero-order valence-corrected chi connectivity index (χ0v) is 14.9. The summed E-state index contributed by atoms with van der Waals surface area (Å²) in [4.78, 5) is 14.5. The van der Waals surface area contributed by atoms with Crippen LogP contribution in [-0.4, -0.2) is 69.6 Å². The molecule has 0 bridgehead atoms. The van der Waals surface area contributed by atoms with E-state index < -0.39 is 10.0 Å². The van der Waals surface area contributed by atoms with E-state index in [4.69, 9.17) is 0 Å². The average molecular weight is 339 g/mol. The Balaban J connectivity index is 2.15. The molecule has 7 heteroatoms. The molecule has 6 nitrogen and oxygen atoms in total. The van der Waals surface area contributed by atoms with Crippen LogP contribution in [0.25, 0.3) is 0 Å². The fourth-order valence-corrected chi connectivity index (χ4v) is 3.89. The summed E-state index contributed by atoms with van der Waals surface area (Å²) >= 11 is 0. The van der Waals surface area contributed by atoms with Crippen LogP contribution in [0.15, 0.2) is 24.3 Å². The highest BCUT2D eigenvalue weighted by Crippen LogP contribution is 2.21. The summed E-state index contributed by atoms with van der Waals surface area (Å²) in [7, 11) is 0.646. The van der Waals surface area contributed by atoms with Crippen LogP contribution in [0, 0.1) is 12.8 Å². The van der Waals surface area contributed by atoms with E-state index in [1.165, 1.54) is 10.6 Å². The number of hydrogen-bond donors (Lipinski definition) is 1. The number of carbonyl (C=O) groups is 1. The lowest BCUT2D eigenvalue weighted by atomic mass is 10.0. The summed E-state index contributed by atoms with van der Waals surface area (Å²) in [5, 5.41) is 3.02. The van der Waals surface area contributed by atoms with Gasteiger partial charge in [0, 0.05) is 37.2 Å². The van der Waals surface area contributed by atoms with Gasteiger partial charge in [0.05, 0.1) is 6.26 Å². The molecule has 2 atom stereocenters. The lowest BCUT2D eigenvalue weighted by Gasteiger charge is -2.23. The van der Waals surface area contributed by atoms with Gasteiger partial charge >= 0.3 is 0 Å². The van der Waals surface area contributed by atoms with Crippen molar-refractivity contribution in [2.24, 2.45) is 5.92 Å². The van der Waals surface area contributed by atoms with Crippen LogP contribution in [0.5, 0.6) is 0 Å². The summed E-state index contributed by atoms with van der Waals surface area (Å²) in [5.74, 6) is -0.0695. The summed E-state index contributed by atoms with van der Waals surface area (Å²) in [6.45, 7) is 3.39. The largest absolute Gasteiger partial charge is 0.348 e. The van der Waals surface area contributed by atoms with Gasteiger partial charge < -0.3 is 10.2 Å². The highest BCUT2D eigenvalue weighted by atomic mass is 32.2. The van der Waals surface area contributed by atoms with E-state index in [-0.39, 0.29) is 17.9 Å². The van der Waals surface area contributed by atoms with E-state index in [0.29, 0.717) is 18.7 Å². The van der Waals surface area contributed by atoms with Crippen LogP contribution < -0.4 is 5.32 Å². The van der Waals surface area contributed by atoms with Crippen molar-refractivity contribution in [3.8, 4) is 0 Å². The maximum Gasteiger partial charge on any atom is 0.251 e. The van der Waals surface area contributed by atoms with Crippen LogP contribution in [0.4, 0.5) is 0 Å². The Kier molecular flexibility index (Phi) is 5.44. The monoisotopic (exact) mass is 339 g/mol. The minimum atomic E-state index is -3.25. The maximum absolute atomic E-state index is 12.5. The van der Waals surface area contributed by atoms with E-state index >= 15 is 0 Å². The van der Waals surface area contributed by atoms with Crippen LogP contribution in [0.2, 0.25) is 0 Å². The Bertz CT molecular complexity index is 673. The average Bonchev–Trinajstić information content (AvgIpc) is 2.81. The van der Waals surface area contributed by atoms with E-state index in [1.807, 2.05) is 44.1 Å². The van der Waals surface area contributed by atoms with Gasteiger partial charge in [-0.05, 0) is 32.6 Å². The number of sulfonamides is 1. The van der Waals surface area contributed by atoms with Gasteiger partial charge in [0.15, 0.2) is 0 Å². The number of rotatable bonds is 5. The molecule has 1 aromatic rings. The van der Waals surface area contributed by atoms with Crippen molar-refractivity contribution in [1.29, 1.82) is 0 Å². The van der Waals surface area contributed by atoms with Gasteiger partial charge in [0.1, 0.15) is 0 Å². The number of amides is 1. The molecule has 0 spiro atoms. The summed E-state index contributed by atoms with van der Waals surface area (Å²) < 4.78 is 25.1. The Morgan fingerprint density at radius 1 is 1.30 bits per heavy atom. The van der Waals surface area contributed by atoms with E-state index in [9.17, 15) is 13.2 Å². The van der Waals surface area contributed by atoms with E-state index in [2.05, 4.69) is 5.32 Å². The molecule has 1 aliphatic rings. The first kappa shape index (κ1) is 17.9. The van der Waals surface area contributed by atoms with E-state index in [0.717, 1.165) is 12.1 Å². The van der Waals surface area contributed by atoms with Crippen molar-refractivity contribution in [1.82, 2.24) is 14.5 Å². The fourth-order valence-electron chi connectivity index (χ4n) is 2.99. The molecule has 1 fully saturated rings. The molecule has 1 aromatic carbocycles. The third kappa shape index (κ3) is 4.53. The molecule has 0 aliphatic carbocycles. The van der Waals surface area contributed by atoms with Crippen LogP contribution in [0.1, 0.15) is 15.9 Å². The first-order valence-electron chi connectivity index (χ1n) is 7.65. The third-order valence-corrected chi connectivity index (χ3v) is 5.42. The molecule has 0 unspecified atom stereocenters. The predicted molar refractivity (Wildman–Crippen MR) is 90.9 cm³/mol. The van der Waals surface area contributed by atoms with Gasteiger partial charge in [0.25, 0.3) is 5.91 Å². The lowest BCUT2D eigenvalue weighted by molar-refractivity contribution is 0.0926. The molecule has 1 amide bonds. The minimum absolute atomic E-state index is 0.0766. The smallest absolute Gasteiger partial charge is 0.251 e. The molecule has 0 radical (unpaired) electrons. The van der Waals surface area contributed by atoms with Gasteiger partial charge in [-0.15, -0.1) is 0 Å². The van der Waals surface area contributed by atoms with Crippen molar-refractivity contribution >= 4 is 15.9 Å². The molecular formula is C16H25N3O3S. The number of benzene rings is 1. The van der Waals surface area contributed by atoms with Crippen molar-refractivity contribution in [2.45, 2.75) is 13.0 Å². The van der Waals surface area contributed by atoms with Crippen LogP contribution >= 0.6 is 0 Å². The fraction of sp³-hybridized carbons (Fsp3) is 0.562. The molecule has 1 saturated heterocycles. The molecular weight excluding hydrogens is 314 g/mol. The second kappa shape index (κ2) is 6.98. The zero-order chi connectivity index (χ0) is 17.2. The Labute approximate surface area is 138 Å². The topological polar surface area (TPSA) is 69.7 Å². The van der Waals surface area contributed by atoms with Crippen LogP contribution in [-0.2, 0) is 10.0 Å². The van der Waals surface area contributed by atoms with Gasteiger partial charge in [-0.2, -0.15) is 4.31 Å². The van der Waals surface area contributed by atoms with Gasteiger partial charge in [0.2, 0.25) is 10.0 Å². The summed E-state index contributed by atoms with van der Waals surface area (Å²) in [5.41, 5.74) is 1.54. The first-order valence-corrected chi connectivity index (χ1v) is 9.49. The van der Waals surface area contributed by atoms with Gasteiger partial charge in [-0.3, -0.25) is 4.79 Å². The van der Waals surface area contributed by atoms with Gasteiger partial charge in [-0.1, -0.05) is 18.2 Å². The van der Waals surface area contributed by atoms with Crippen molar-refractivity contribution in [3.05, 3.63) is 35.4 Å². The molecule has 0 saturated carbocycles. The predicted octanol–water partition coefficient (Wildman–Crippen LogP) is 0.546. The molecule has 0 aromatic heterocycles. The second-order valence-corrected chi connectivity index (χ2v) is 8.48. The molecule has 1 aliphatic heterocycles. The Hall–Kier alpha value is -1.44. The third-order valence-electron chi connectivity index (χ3n) is 4.18. The second-order valence-electron chi connectivity index (χ2n) is 6.50. The lowest BCUT2D eigenvalue weighted by Crippen LogP contribution is -2.43. The Morgan fingerprint density at radius 2 is 1.96 bits per heavy atom. The molecule has 1 N–H and O–H groups in total. The minimum Gasteiger partial charge on any atom is -0.348 e. The number of nitrogens with one attached hydrogen (secondary N) is 1. The number of nitrogens with zero attached hydrogens (tertiary/aromatic N) is 2. The molecule has 1 heterocycles. The van der Waals surface area contributed by atoms with Crippen molar-refractivity contribution in [2.75, 3.05) is 40.0 Å². The standard InChI is InChI=1S/C16H25N3O3S/c1-12-7-5-6-8-14(12)16(20)17-15-11-19(23(4,21)22)10-13(15)9-18(2)3/h5-8,13,15H,9-11H2,1-4H3,(H,17,20)/t13-,15-/m1/s1. The van der Waals surface area contributed by atoms with Crippen LogP contribution in [0.3, 0.4) is 0 Å². The Morgan fingerprint density at radius 3 is 2.52 bits per heavy atom.